The van der Waals surface area contributed by atoms with Gasteiger partial charge in [0, 0.05) is 18.0 Å². The predicted octanol–water partition coefficient (Wildman–Crippen LogP) is 2.47. The van der Waals surface area contributed by atoms with Crippen molar-refractivity contribution < 1.29 is 9.21 Å². The summed E-state index contributed by atoms with van der Waals surface area (Å²) >= 11 is 0. The van der Waals surface area contributed by atoms with Crippen molar-refractivity contribution in [2.45, 2.75) is 13.3 Å². The molecule has 0 saturated carbocycles. The molecule has 76 valence electrons. The zero-order valence-electron chi connectivity index (χ0n) is 8.43. The van der Waals surface area contributed by atoms with Crippen molar-refractivity contribution in [3.8, 4) is 0 Å². The second kappa shape index (κ2) is 4.09. The Hall–Kier alpha value is -1.90. The fourth-order valence-corrected chi connectivity index (χ4v) is 1.47. The second-order valence-electron chi connectivity index (χ2n) is 3.19. The Labute approximate surface area is 87.8 Å². The third-order valence-corrected chi connectivity index (χ3v) is 2.27. The number of furan rings is 1. The lowest BCUT2D eigenvalue weighted by molar-refractivity contribution is 0.101. The number of aryl methyl sites for hydroxylation is 1. The van der Waals surface area contributed by atoms with Crippen molar-refractivity contribution >= 4 is 5.78 Å². The van der Waals surface area contributed by atoms with Crippen LogP contribution in [0, 0.1) is 0 Å². The van der Waals surface area contributed by atoms with Crippen LogP contribution in [-0.4, -0.2) is 10.8 Å². The first-order valence-corrected chi connectivity index (χ1v) is 4.84. The number of hydrogen-bond donors (Lipinski definition) is 0. The lowest BCUT2D eigenvalue weighted by atomic mass is 10.0. The van der Waals surface area contributed by atoms with E-state index in [2.05, 4.69) is 4.98 Å². The number of aromatic nitrogens is 1. The van der Waals surface area contributed by atoms with Crippen LogP contribution in [0.15, 0.2) is 41.3 Å². The van der Waals surface area contributed by atoms with Crippen LogP contribution in [0.3, 0.4) is 0 Å². The molecule has 0 aromatic carbocycles. The highest BCUT2D eigenvalue weighted by Gasteiger charge is 2.14. The summed E-state index contributed by atoms with van der Waals surface area (Å²) in [5.74, 6) is 0.287. The molecule has 0 unspecified atom stereocenters. The van der Waals surface area contributed by atoms with Crippen LogP contribution in [-0.2, 0) is 6.42 Å². The molecule has 0 amide bonds. The number of pyridine rings is 1. The Balaban J connectivity index is 2.42. The summed E-state index contributed by atoms with van der Waals surface area (Å²) in [6.45, 7) is 2.00. The van der Waals surface area contributed by atoms with Crippen molar-refractivity contribution in [2.75, 3.05) is 0 Å². The predicted molar refractivity (Wildman–Crippen MR) is 55.8 cm³/mol. The van der Waals surface area contributed by atoms with Crippen LogP contribution < -0.4 is 0 Å². The van der Waals surface area contributed by atoms with Gasteiger partial charge in [-0.3, -0.25) is 9.78 Å². The molecule has 2 aromatic heterocycles. The molecule has 0 bridgehead atoms. The highest BCUT2D eigenvalue weighted by Crippen LogP contribution is 2.14. The topological polar surface area (TPSA) is 43.1 Å². The van der Waals surface area contributed by atoms with Gasteiger partial charge in [0.25, 0.3) is 0 Å². The summed E-state index contributed by atoms with van der Waals surface area (Å²) in [4.78, 5) is 16.0. The average Bonchev–Trinajstić information content (AvgIpc) is 2.81. The molecule has 0 aliphatic carbocycles. The normalized spacial score (nSPS) is 10.2. The molecule has 2 heterocycles. The van der Waals surface area contributed by atoms with E-state index in [9.17, 15) is 4.79 Å². The molecule has 0 fully saturated rings. The quantitative estimate of drug-likeness (QED) is 0.716. The van der Waals surface area contributed by atoms with E-state index in [1.54, 1.807) is 30.6 Å². The Kier molecular flexibility index (Phi) is 2.63. The fraction of sp³-hybridized carbons (Fsp3) is 0.167. The lowest BCUT2D eigenvalue weighted by Crippen LogP contribution is -2.04. The van der Waals surface area contributed by atoms with E-state index in [0.29, 0.717) is 11.3 Å². The SMILES string of the molecule is CCc1cnccc1C(=O)c1ccco1. The van der Waals surface area contributed by atoms with E-state index >= 15 is 0 Å². The zero-order chi connectivity index (χ0) is 10.7. The van der Waals surface area contributed by atoms with Crippen LogP contribution in [0.1, 0.15) is 28.6 Å². The average molecular weight is 201 g/mol. The molecule has 0 saturated heterocycles. The molecule has 0 atom stereocenters. The third kappa shape index (κ3) is 1.81. The molecule has 0 N–H and O–H groups in total. The van der Waals surface area contributed by atoms with Crippen molar-refractivity contribution in [1.29, 1.82) is 0 Å². The fourth-order valence-electron chi connectivity index (χ4n) is 1.47. The van der Waals surface area contributed by atoms with Crippen LogP contribution >= 0.6 is 0 Å². The van der Waals surface area contributed by atoms with E-state index in [1.165, 1.54) is 6.26 Å². The van der Waals surface area contributed by atoms with Gasteiger partial charge >= 0.3 is 0 Å². The molecule has 0 aliphatic heterocycles. The minimum atomic E-state index is -0.0840. The first kappa shape index (κ1) is 9.65. The summed E-state index contributed by atoms with van der Waals surface area (Å²) in [6, 6.07) is 5.10. The van der Waals surface area contributed by atoms with Gasteiger partial charge in [0.05, 0.1) is 6.26 Å². The maximum atomic E-state index is 12.0. The van der Waals surface area contributed by atoms with Gasteiger partial charge in [0.1, 0.15) is 0 Å². The molecule has 0 spiro atoms. The number of ketones is 1. The first-order valence-electron chi connectivity index (χ1n) is 4.84. The van der Waals surface area contributed by atoms with Gasteiger partial charge in [0.2, 0.25) is 5.78 Å². The van der Waals surface area contributed by atoms with Gasteiger partial charge in [-0.25, -0.2) is 0 Å². The minimum absolute atomic E-state index is 0.0840. The Morgan fingerprint density at radius 2 is 2.33 bits per heavy atom. The summed E-state index contributed by atoms with van der Waals surface area (Å²) < 4.78 is 5.08. The highest BCUT2D eigenvalue weighted by atomic mass is 16.3. The van der Waals surface area contributed by atoms with Gasteiger partial charge < -0.3 is 4.42 Å². The number of carbonyl (C=O) groups is 1. The molecular weight excluding hydrogens is 190 g/mol. The molecular formula is C12H11NO2. The van der Waals surface area contributed by atoms with E-state index in [0.717, 1.165) is 12.0 Å². The maximum absolute atomic E-state index is 12.0. The van der Waals surface area contributed by atoms with Gasteiger partial charge in [0.15, 0.2) is 5.76 Å². The van der Waals surface area contributed by atoms with E-state index in [4.69, 9.17) is 4.42 Å². The first-order chi connectivity index (χ1) is 7.33. The van der Waals surface area contributed by atoms with Crippen LogP contribution in [0.25, 0.3) is 0 Å². The number of rotatable bonds is 3. The van der Waals surface area contributed by atoms with Crippen LogP contribution in [0.5, 0.6) is 0 Å². The Morgan fingerprint density at radius 1 is 1.47 bits per heavy atom. The lowest BCUT2D eigenvalue weighted by Gasteiger charge is -2.03. The number of nitrogens with zero attached hydrogens (tertiary/aromatic N) is 1. The van der Waals surface area contributed by atoms with Crippen molar-refractivity contribution in [3.05, 3.63) is 53.7 Å². The molecule has 2 aromatic rings. The largest absolute Gasteiger partial charge is 0.461 e. The summed E-state index contributed by atoms with van der Waals surface area (Å²) in [5.41, 5.74) is 1.61. The van der Waals surface area contributed by atoms with Crippen LogP contribution in [0.4, 0.5) is 0 Å². The van der Waals surface area contributed by atoms with E-state index < -0.39 is 0 Å². The Bertz CT molecular complexity index is 460. The van der Waals surface area contributed by atoms with Gasteiger partial charge in [-0.2, -0.15) is 0 Å². The number of carbonyl (C=O) groups excluding carboxylic acids is 1. The Morgan fingerprint density at radius 3 is 3.00 bits per heavy atom. The van der Waals surface area contributed by atoms with E-state index in [1.807, 2.05) is 6.92 Å². The number of hydrogen-bond acceptors (Lipinski definition) is 3. The molecule has 2 rings (SSSR count). The van der Waals surface area contributed by atoms with Crippen molar-refractivity contribution in [3.63, 3.8) is 0 Å². The monoisotopic (exact) mass is 201 g/mol. The third-order valence-electron chi connectivity index (χ3n) is 2.27. The maximum Gasteiger partial charge on any atom is 0.228 e. The highest BCUT2D eigenvalue weighted by molar-refractivity contribution is 6.07. The molecule has 0 radical (unpaired) electrons. The molecule has 3 nitrogen and oxygen atoms in total. The standard InChI is InChI=1S/C12H11NO2/c1-2-9-8-13-6-5-10(9)12(14)11-4-3-7-15-11/h3-8H,2H2,1H3. The summed E-state index contributed by atoms with van der Waals surface area (Å²) in [5, 5.41) is 0. The molecule has 0 aliphatic rings. The van der Waals surface area contributed by atoms with Crippen molar-refractivity contribution in [2.24, 2.45) is 0 Å². The molecule has 3 heteroatoms. The molecule has 15 heavy (non-hydrogen) atoms. The van der Waals surface area contributed by atoms with E-state index in [-0.39, 0.29) is 5.78 Å². The van der Waals surface area contributed by atoms with Gasteiger partial charge in [-0.1, -0.05) is 6.92 Å². The zero-order valence-corrected chi connectivity index (χ0v) is 8.43. The smallest absolute Gasteiger partial charge is 0.228 e. The van der Waals surface area contributed by atoms with Crippen LogP contribution in [0.2, 0.25) is 0 Å². The van der Waals surface area contributed by atoms with Gasteiger partial charge in [-0.05, 0) is 30.2 Å². The van der Waals surface area contributed by atoms with Gasteiger partial charge in [-0.15, -0.1) is 0 Å². The minimum Gasteiger partial charge on any atom is -0.461 e. The summed E-state index contributed by atoms with van der Waals surface area (Å²) in [7, 11) is 0. The second-order valence-corrected chi connectivity index (χ2v) is 3.19. The van der Waals surface area contributed by atoms with Crippen molar-refractivity contribution in [1.82, 2.24) is 4.98 Å². The summed E-state index contributed by atoms with van der Waals surface area (Å²) in [6.07, 6.45) is 5.63.